The number of benzene rings is 2. The molecule has 186 valence electrons. The number of amides is 1. The van der Waals surface area contributed by atoms with Crippen LogP contribution in [0.5, 0.6) is 0 Å². The van der Waals surface area contributed by atoms with Crippen LogP contribution in [0, 0.1) is 0 Å². The Morgan fingerprint density at radius 1 is 1.00 bits per heavy atom. The Labute approximate surface area is 207 Å². The van der Waals surface area contributed by atoms with Gasteiger partial charge >= 0.3 is 0 Å². The highest BCUT2D eigenvalue weighted by atomic mass is 32.2. The number of hydrogen-bond donors (Lipinski definition) is 4. The van der Waals surface area contributed by atoms with Gasteiger partial charge in [-0.1, -0.05) is 0 Å². The highest BCUT2D eigenvalue weighted by Crippen LogP contribution is 2.25. The molecule has 0 saturated carbocycles. The van der Waals surface area contributed by atoms with Crippen LogP contribution in [0.4, 0.5) is 28.8 Å². The number of anilines is 5. The monoisotopic (exact) mass is 507 g/mol. The Morgan fingerprint density at radius 3 is 2.42 bits per heavy atom. The van der Waals surface area contributed by atoms with Crippen molar-refractivity contribution in [2.45, 2.75) is 0 Å². The summed E-state index contributed by atoms with van der Waals surface area (Å²) in [5.41, 5.74) is 9.05. The second-order valence-electron chi connectivity index (χ2n) is 8.44. The van der Waals surface area contributed by atoms with E-state index in [1.54, 1.807) is 6.20 Å². The molecule has 1 aliphatic rings. The topological polar surface area (TPSA) is 162 Å². The molecule has 5 N–H and O–H groups in total. The van der Waals surface area contributed by atoms with Crippen LogP contribution in [-0.2, 0) is 10.0 Å². The van der Waals surface area contributed by atoms with Crippen LogP contribution in [0.1, 0.15) is 10.4 Å². The molecule has 0 bridgehead atoms. The molecule has 0 aliphatic carbocycles. The molecule has 1 saturated heterocycles. The van der Waals surface area contributed by atoms with Crippen molar-refractivity contribution in [1.82, 2.24) is 24.5 Å². The fourth-order valence-electron chi connectivity index (χ4n) is 4.04. The normalized spacial score (nSPS) is 14.6. The largest absolute Gasteiger partial charge is 0.369 e. The smallest absolute Gasteiger partial charge is 0.254 e. The number of aromatic nitrogens is 4. The van der Waals surface area contributed by atoms with Gasteiger partial charge in [0.15, 0.2) is 0 Å². The summed E-state index contributed by atoms with van der Waals surface area (Å²) < 4.78 is 24.9. The molecule has 12 nitrogen and oxygen atoms in total. The molecule has 36 heavy (non-hydrogen) atoms. The van der Waals surface area contributed by atoms with Gasteiger partial charge in [0.1, 0.15) is 11.4 Å². The van der Waals surface area contributed by atoms with Crippen molar-refractivity contribution in [2.75, 3.05) is 48.0 Å². The van der Waals surface area contributed by atoms with Crippen molar-refractivity contribution >= 4 is 55.7 Å². The minimum atomic E-state index is -3.17. The average molecular weight is 508 g/mol. The van der Waals surface area contributed by atoms with Crippen molar-refractivity contribution in [3.8, 4) is 0 Å². The number of carbonyl (C=O) groups excluding carboxylic acids is 1. The van der Waals surface area contributed by atoms with E-state index in [4.69, 9.17) is 5.73 Å². The number of fused-ring (bicyclic) bond motifs is 1. The summed E-state index contributed by atoms with van der Waals surface area (Å²) in [6.45, 7) is 2.17. The highest BCUT2D eigenvalue weighted by molar-refractivity contribution is 7.88. The molecule has 0 unspecified atom stereocenters. The summed E-state index contributed by atoms with van der Waals surface area (Å²) in [5, 5.41) is 14.1. The van der Waals surface area contributed by atoms with E-state index in [2.05, 4.69) is 35.7 Å². The van der Waals surface area contributed by atoms with Crippen LogP contribution in [0.2, 0.25) is 0 Å². The summed E-state index contributed by atoms with van der Waals surface area (Å²) in [7, 11) is -3.17. The van der Waals surface area contributed by atoms with E-state index in [-0.39, 0.29) is 11.4 Å². The molecule has 2 aromatic heterocycles. The third kappa shape index (κ3) is 5.06. The number of sulfonamides is 1. The predicted octanol–water partition coefficient (Wildman–Crippen LogP) is 2.02. The third-order valence-corrected chi connectivity index (χ3v) is 7.26. The van der Waals surface area contributed by atoms with Crippen LogP contribution >= 0.6 is 0 Å². The Kier molecular flexibility index (Phi) is 6.16. The van der Waals surface area contributed by atoms with Crippen LogP contribution in [0.3, 0.4) is 0 Å². The van der Waals surface area contributed by atoms with E-state index in [1.165, 1.54) is 16.8 Å². The second kappa shape index (κ2) is 9.43. The maximum absolute atomic E-state index is 11.9. The Morgan fingerprint density at radius 2 is 1.72 bits per heavy atom. The average Bonchev–Trinajstić information content (AvgIpc) is 3.32. The zero-order valence-corrected chi connectivity index (χ0v) is 20.3. The number of aromatic amines is 1. The second-order valence-corrected chi connectivity index (χ2v) is 10.4. The number of carbonyl (C=O) groups is 1. The molecule has 0 atom stereocenters. The number of hydrogen-bond acceptors (Lipinski definition) is 9. The van der Waals surface area contributed by atoms with Crippen molar-refractivity contribution < 1.29 is 13.2 Å². The third-order valence-electron chi connectivity index (χ3n) is 5.95. The highest BCUT2D eigenvalue weighted by Gasteiger charge is 2.23. The SMILES string of the molecule is CS(=O)(=O)N1CCN(c2ccc(Nc3ncc(C(N)=O)c(Nc4ccc5[nH]ncc5c4)n3)cc2)CC1. The lowest BCUT2D eigenvalue weighted by molar-refractivity contribution is 0.100. The van der Waals surface area contributed by atoms with Crippen LogP contribution < -0.4 is 21.3 Å². The number of piperazine rings is 1. The van der Waals surface area contributed by atoms with E-state index in [0.29, 0.717) is 32.1 Å². The lowest BCUT2D eigenvalue weighted by Gasteiger charge is -2.34. The van der Waals surface area contributed by atoms with Gasteiger partial charge in [-0.15, -0.1) is 0 Å². The van der Waals surface area contributed by atoms with E-state index >= 15 is 0 Å². The summed E-state index contributed by atoms with van der Waals surface area (Å²) >= 11 is 0. The predicted molar refractivity (Wildman–Crippen MR) is 138 cm³/mol. The standard InChI is InChI=1S/C23H25N9O3S/c1-36(34,35)32-10-8-31(9-11-32)18-5-2-16(3-6-18)28-23-25-14-19(21(24)33)22(29-23)27-17-4-7-20-15(12-17)13-26-30-20/h2-7,12-14H,8-11H2,1H3,(H2,24,33)(H,26,30)(H2,25,27,28,29). The summed E-state index contributed by atoms with van der Waals surface area (Å²) in [4.78, 5) is 22.8. The van der Waals surface area contributed by atoms with Crippen molar-refractivity contribution in [2.24, 2.45) is 5.73 Å². The summed E-state index contributed by atoms with van der Waals surface area (Å²) in [6, 6.07) is 13.3. The Balaban J connectivity index is 1.30. The maximum Gasteiger partial charge on any atom is 0.254 e. The number of nitrogens with one attached hydrogen (secondary N) is 3. The van der Waals surface area contributed by atoms with Gasteiger partial charge in [-0.2, -0.15) is 14.4 Å². The Hall–Kier alpha value is -4.23. The van der Waals surface area contributed by atoms with Gasteiger partial charge in [-0.3, -0.25) is 9.89 Å². The zero-order chi connectivity index (χ0) is 25.3. The van der Waals surface area contributed by atoms with Gasteiger partial charge < -0.3 is 21.3 Å². The van der Waals surface area contributed by atoms with Gasteiger partial charge in [-0.25, -0.2) is 13.4 Å². The first-order chi connectivity index (χ1) is 17.3. The summed E-state index contributed by atoms with van der Waals surface area (Å²) in [5.74, 6) is -0.0709. The first-order valence-corrected chi connectivity index (χ1v) is 13.1. The molecule has 3 heterocycles. The van der Waals surface area contributed by atoms with Gasteiger partial charge in [-0.05, 0) is 42.5 Å². The minimum Gasteiger partial charge on any atom is -0.369 e. The van der Waals surface area contributed by atoms with Crippen LogP contribution in [-0.4, -0.2) is 71.2 Å². The molecule has 2 aromatic carbocycles. The molecule has 1 fully saturated rings. The van der Waals surface area contributed by atoms with Crippen LogP contribution in [0.15, 0.2) is 54.9 Å². The molecular weight excluding hydrogens is 482 g/mol. The molecule has 13 heteroatoms. The lowest BCUT2D eigenvalue weighted by atomic mass is 10.2. The van der Waals surface area contributed by atoms with Gasteiger partial charge in [0, 0.05) is 54.8 Å². The first-order valence-electron chi connectivity index (χ1n) is 11.2. The number of rotatable bonds is 7. The van der Waals surface area contributed by atoms with E-state index in [1.807, 2.05) is 42.5 Å². The van der Waals surface area contributed by atoms with Crippen molar-refractivity contribution in [3.05, 3.63) is 60.4 Å². The molecular formula is C23H25N9O3S. The molecule has 1 amide bonds. The number of H-pyrrole nitrogens is 1. The molecule has 5 rings (SSSR count). The number of nitrogens with zero attached hydrogens (tertiary/aromatic N) is 5. The van der Waals surface area contributed by atoms with Crippen LogP contribution in [0.25, 0.3) is 10.9 Å². The lowest BCUT2D eigenvalue weighted by Crippen LogP contribution is -2.48. The van der Waals surface area contributed by atoms with Gasteiger partial charge in [0.25, 0.3) is 5.91 Å². The molecule has 1 aliphatic heterocycles. The fourth-order valence-corrected chi connectivity index (χ4v) is 4.86. The van der Waals surface area contributed by atoms with Gasteiger partial charge in [0.05, 0.1) is 18.0 Å². The number of primary amides is 1. The quantitative estimate of drug-likeness (QED) is 0.293. The van der Waals surface area contributed by atoms with Crippen molar-refractivity contribution in [3.63, 3.8) is 0 Å². The summed E-state index contributed by atoms with van der Waals surface area (Å²) in [6.07, 6.45) is 4.32. The minimum absolute atomic E-state index is 0.163. The first kappa shape index (κ1) is 23.5. The zero-order valence-electron chi connectivity index (χ0n) is 19.5. The van der Waals surface area contributed by atoms with E-state index < -0.39 is 15.9 Å². The fraction of sp³-hybridized carbons (Fsp3) is 0.217. The van der Waals surface area contributed by atoms with Gasteiger partial charge in [0.2, 0.25) is 16.0 Å². The van der Waals surface area contributed by atoms with E-state index in [9.17, 15) is 13.2 Å². The molecule has 0 spiro atoms. The molecule has 4 aromatic rings. The van der Waals surface area contributed by atoms with Crippen molar-refractivity contribution in [1.29, 1.82) is 0 Å². The molecule has 0 radical (unpaired) electrons. The number of nitrogens with two attached hydrogens (primary N) is 1. The maximum atomic E-state index is 11.9. The van der Waals surface area contributed by atoms with E-state index in [0.717, 1.165) is 28.0 Å². The Bertz CT molecular complexity index is 1510.